The number of carboxylic acid groups (broad SMARTS) is 1. The number of aromatic nitrogens is 2. The van der Waals surface area contributed by atoms with Gasteiger partial charge < -0.3 is 5.11 Å². The Morgan fingerprint density at radius 2 is 1.89 bits per heavy atom. The topological polar surface area (TPSA) is 72.2 Å². The second-order valence-corrected chi connectivity index (χ2v) is 3.96. The van der Waals surface area contributed by atoms with Crippen LogP contribution in [0.3, 0.4) is 0 Å². The molecule has 0 aliphatic carbocycles. The van der Waals surface area contributed by atoms with Crippen LogP contribution in [-0.4, -0.2) is 20.9 Å². The molecule has 0 aliphatic heterocycles. The third kappa shape index (κ3) is 3.25. The van der Waals surface area contributed by atoms with Crippen LogP contribution in [0.2, 0.25) is 0 Å². The summed E-state index contributed by atoms with van der Waals surface area (Å²) in [5.74, 6) is -1.51. The van der Waals surface area contributed by atoms with E-state index in [2.05, 4.69) is 5.10 Å². The number of carboxylic acids is 1. The predicted molar refractivity (Wildman–Crippen MR) is 65.6 cm³/mol. The molecule has 1 heterocycles. The molecule has 0 spiro atoms. The van der Waals surface area contributed by atoms with Gasteiger partial charge in [-0.3, -0.25) is 4.79 Å². The van der Waals surface area contributed by atoms with Gasteiger partial charge in [-0.1, -0.05) is 12.1 Å². The lowest BCUT2D eigenvalue weighted by Crippen LogP contribution is -2.25. The summed E-state index contributed by atoms with van der Waals surface area (Å²) in [6.07, 6.45) is 0.469. The molecule has 1 aromatic heterocycles. The van der Waals surface area contributed by atoms with Crippen LogP contribution in [0, 0.1) is 5.82 Å². The van der Waals surface area contributed by atoms with Gasteiger partial charge in [0.2, 0.25) is 0 Å². The molecule has 98 valence electrons. The van der Waals surface area contributed by atoms with Gasteiger partial charge in [0, 0.05) is 12.6 Å². The van der Waals surface area contributed by atoms with Crippen molar-refractivity contribution >= 4 is 5.97 Å². The van der Waals surface area contributed by atoms with Crippen LogP contribution in [0.1, 0.15) is 16.1 Å². The minimum absolute atomic E-state index is 0.182. The van der Waals surface area contributed by atoms with Crippen molar-refractivity contribution in [1.82, 2.24) is 9.78 Å². The zero-order valence-corrected chi connectivity index (χ0v) is 9.91. The molecule has 0 fully saturated rings. The number of hydrogen-bond acceptors (Lipinski definition) is 3. The second kappa shape index (κ2) is 5.43. The Bertz CT molecular complexity index is 650. The minimum atomic E-state index is -1.18. The van der Waals surface area contributed by atoms with Gasteiger partial charge in [-0.2, -0.15) is 5.10 Å². The molecule has 0 saturated carbocycles. The highest BCUT2D eigenvalue weighted by atomic mass is 19.1. The first-order valence-electron chi connectivity index (χ1n) is 5.62. The Morgan fingerprint density at radius 3 is 2.53 bits per heavy atom. The van der Waals surface area contributed by atoms with Crippen LogP contribution in [0.25, 0.3) is 0 Å². The van der Waals surface area contributed by atoms with Crippen molar-refractivity contribution in [3.05, 3.63) is 63.8 Å². The van der Waals surface area contributed by atoms with Crippen LogP contribution in [0.4, 0.5) is 4.39 Å². The molecule has 0 saturated heterocycles. The number of rotatable bonds is 4. The lowest BCUT2D eigenvalue weighted by molar-refractivity contribution is 0.0687. The maximum atomic E-state index is 12.7. The highest BCUT2D eigenvalue weighted by Gasteiger charge is 2.07. The minimum Gasteiger partial charge on any atom is -0.476 e. The SMILES string of the molecule is O=C(O)c1ccc(=O)n(CCc2ccc(F)cc2)n1. The monoisotopic (exact) mass is 262 g/mol. The zero-order valence-electron chi connectivity index (χ0n) is 9.91. The molecular formula is C13H11FN2O3. The van der Waals surface area contributed by atoms with Gasteiger partial charge >= 0.3 is 5.97 Å². The molecule has 0 bridgehead atoms. The van der Waals surface area contributed by atoms with E-state index >= 15 is 0 Å². The third-order valence-electron chi connectivity index (χ3n) is 2.61. The van der Waals surface area contributed by atoms with Gasteiger partial charge in [0.1, 0.15) is 5.82 Å². The van der Waals surface area contributed by atoms with Gasteiger partial charge in [0.25, 0.3) is 5.56 Å². The Hall–Kier alpha value is -2.50. The van der Waals surface area contributed by atoms with Gasteiger partial charge in [0.15, 0.2) is 5.69 Å². The summed E-state index contributed by atoms with van der Waals surface area (Å²) in [6, 6.07) is 8.22. The van der Waals surface area contributed by atoms with Crippen molar-refractivity contribution < 1.29 is 14.3 Å². The van der Waals surface area contributed by atoms with Crippen molar-refractivity contribution in [2.45, 2.75) is 13.0 Å². The quantitative estimate of drug-likeness (QED) is 0.902. The van der Waals surface area contributed by atoms with Crippen LogP contribution in [0.5, 0.6) is 0 Å². The van der Waals surface area contributed by atoms with E-state index < -0.39 is 5.97 Å². The molecule has 1 aromatic carbocycles. The lowest BCUT2D eigenvalue weighted by Gasteiger charge is -2.05. The zero-order chi connectivity index (χ0) is 13.8. The molecule has 0 unspecified atom stereocenters. The Morgan fingerprint density at radius 1 is 1.21 bits per heavy atom. The Balaban J connectivity index is 2.15. The first-order chi connectivity index (χ1) is 9.06. The normalized spacial score (nSPS) is 10.4. The van der Waals surface area contributed by atoms with Crippen LogP contribution >= 0.6 is 0 Å². The molecule has 19 heavy (non-hydrogen) atoms. The van der Waals surface area contributed by atoms with E-state index in [9.17, 15) is 14.0 Å². The standard InChI is InChI=1S/C13H11FN2O3/c14-10-3-1-9(2-4-10)7-8-16-12(17)6-5-11(15-16)13(18)19/h1-6H,7-8H2,(H,18,19). The summed E-state index contributed by atoms with van der Waals surface area (Å²) in [5, 5.41) is 12.5. The molecule has 1 N–H and O–H groups in total. The lowest BCUT2D eigenvalue weighted by atomic mass is 10.1. The highest BCUT2D eigenvalue weighted by molar-refractivity contribution is 5.84. The van der Waals surface area contributed by atoms with Crippen molar-refractivity contribution in [2.24, 2.45) is 0 Å². The number of aromatic carboxylic acids is 1. The van der Waals surface area contributed by atoms with Gasteiger partial charge in [0.05, 0.1) is 0 Å². The number of nitrogens with zero attached hydrogens (tertiary/aromatic N) is 2. The van der Waals surface area contributed by atoms with E-state index in [4.69, 9.17) is 5.11 Å². The summed E-state index contributed by atoms with van der Waals surface area (Å²) in [5.41, 5.74) is 0.293. The van der Waals surface area contributed by atoms with Crippen LogP contribution in [0.15, 0.2) is 41.2 Å². The molecule has 5 nitrogen and oxygen atoms in total. The number of aryl methyl sites for hydroxylation is 2. The first kappa shape index (κ1) is 12.9. The van der Waals surface area contributed by atoms with E-state index in [0.717, 1.165) is 10.2 Å². The van der Waals surface area contributed by atoms with E-state index in [1.807, 2.05) is 0 Å². The average Bonchev–Trinajstić information content (AvgIpc) is 2.39. The number of carbonyl (C=O) groups is 1. The first-order valence-corrected chi connectivity index (χ1v) is 5.62. The molecule has 0 aliphatic rings. The van der Waals surface area contributed by atoms with Gasteiger partial charge in [-0.05, 0) is 30.2 Å². The Labute approximate surface area is 107 Å². The predicted octanol–water partition coefficient (Wildman–Crippen LogP) is 1.32. The van der Waals surface area contributed by atoms with Crippen molar-refractivity contribution in [1.29, 1.82) is 0 Å². The molecule has 6 heteroatoms. The van der Waals surface area contributed by atoms with Crippen molar-refractivity contribution in [3.8, 4) is 0 Å². The smallest absolute Gasteiger partial charge is 0.356 e. The van der Waals surface area contributed by atoms with E-state index in [1.165, 1.54) is 24.3 Å². The maximum Gasteiger partial charge on any atom is 0.356 e. The third-order valence-corrected chi connectivity index (χ3v) is 2.61. The largest absolute Gasteiger partial charge is 0.476 e. The summed E-state index contributed by atoms with van der Waals surface area (Å²) < 4.78 is 13.8. The summed E-state index contributed by atoms with van der Waals surface area (Å²) >= 11 is 0. The van der Waals surface area contributed by atoms with Crippen LogP contribution < -0.4 is 5.56 Å². The molecule has 0 radical (unpaired) electrons. The van der Waals surface area contributed by atoms with Crippen LogP contribution in [-0.2, 0) is 13.0 Å². The molecule has 0 amide bonds. The van der Waals surface area contributed by atoms with E-state index in [0.29, 0.717) is 6.42 Å². The van der Waals surface area contributed by atoms with Gasteiger partial charge in [-0.25, -0.2) is 13.9 Å². The molecule has 2 aromatic rings. The fourth-order valence-corrected chi connectivity index (χ4v) is 1.61. The molecule has 0 atom stereocenters. The molecule has 2 rings (SSSR count). The number of hydrogen-bond donors (Lipinski definition) is 1. The maximum absolute atomic E-state index is 12.7. The van der Waals surface area contributed by atoms with E-state index in [1.54, 1.807) is 12.1 Å². The highest BCUT2D eigenvalue weighted by Crippen LogP contribution is 2.04. The summed E-state index contributed by atoms with van der Waals surface area (Å²) in [4.78, 5) is 22.3. The fraction of sp³-hybridized carbons (Fsp3) is 0.154. The second-order valence-electron chi connectivity index (χ2n) is 3.96. The number of benzene rings is 1. The van der Waals surface area contributed by atoms with Crippen molar-refractivity contribution in [2.75, 3.05) is 0 Å². The van der Waals surface area contributed by atoms with E-state index in [-0.39, 0.29) is 23.6 Å². The number of halogens is 1. The van der Waals surface area contributed by atoms with Gasteiger partial charge in [-0.15, -0.1) is 0 Å². The average molecular weight is 262 g/mol. The Kier molecular flexibility index (Phi) is 3.70. The van der Waals surface area contributed by atoms with Crippen molar-refractivity contribution in [3.63, 3.8) is 0 Å². The fourth-order valence-electron chi connectivity index (χ4n) is 1.61. The summed E-state index contributed by atoms with van der Waals surface area (Å²) in [7, 11) is 0. The summed E-state index contributed by atoms with van der Waals surface area (Å²) in [6.45, 7) is 0.242. The molecular weight excluding hydrogens is 251 g/mol.